The second-order valence-corrected chi connectivity index (χ2v) is 5.10. The Morgan fingerprint density at radius 2 is 1.32 bits per heavy atom. The molecule has 0 radical (unpaired) electrons. The normalized spacial score (nSPS) is 10.4. The van der Waals surface area contributed by atoms with Gasteiger partial charge in [-0.3, -0.25) is 9.59 Å². The maximum Gasteiger partial charge on any atom is 0.322 e. The Kier molecular flexibility index (Phi) is 12.6. The third-order valence-corrected chi connectivity index (χ3v) is 3.19. The van der Waals surface area contributed by atoms with Crippen molar-refractivity contribution in [2.75, 3.05) is 6.54 Å². The molecule has 1 amide bonds. The summed E-state index contributed by atoms with van der Waals surface area (Å²) in [5, 5.41) is 10.8. The number of carbonyl (C=O) groups is 2. The molecule has 0 spiro atoms. The zero-order valence-corrected chi connectivity index (χ0v) is 12.2. The molecule has 0 aromatic heterocycles. The molecule has 0 fully saturated rings. The number of carbonyl (C=O) groups excluding carboxylic acids is 1. The van der Waals surface area contributed by atoms with E-state index in [2.05, 4.69) is 12.2 Å². The lowest BCUT2D eigenvalue weighted by Gasteiger charge is -2.03. The van der Waals surface area contributed by atoms with Crippen LogP contribution in [0.15, 0.2) is 0 Å². The number of amides is 1. The van der Waals surface area contributed by atoms with Crippen LogP contribution < -0.4 is 5.32 Å². The van der Waals surface area contributed by atoms with Gasteiger partial charge in [0.15, 0.2) is 0 Å². The Morgan fingerprint density at radius 1 is 0.842 bits per heavy atom. The molecule has 112 valence electrons. The predicted octanol–water partition coefficient (Wildman–Crippen LogP) is 3.50. The summed E-state index contributed by atoms with van der Waals surface area (Å²) >= 11 is 0. The molecule has 0 bridgehead atoms. The largest absolute Gasteiger partial charge is 0.480 e. The average molecular weight is 271 g/mol. The molecule has 0 atom stereocenters. The quantitative estimate of drug-likeness (QED) is 0.504. The van der Waals surface area contributed by atoms with Crippen LogP contribution >= 0.6 is 0 Å². The van der Waals surface area contributed by atoms with Gasteiger partial charge in [0.05, 0.1) is 0 Å². The monoisotopic (exact) mass is 271 g/mol. The van der Waals surface area contributed by atoms with Crippen molar-refractivity contribution < 1.29 is 14.7 Å². The molecule has 0 aromatic rings. The molecule has 4 heteroatoms. The summed E-state index contributed by atoms with van der Waals surface area (Å²) in [5.41, 5.74) is 0. The van der Waals surface area contributed by atoms with E-state index in [0.29, 0.717) is 6.42 Å². The summed E-state index contributed by atoms with van der Waals surface area (Å²) in [7, 11) is 0. The van der Waals surface area contributed by atoms with Gasteiger partial charge in [0.25, 0.3) is 0 Å². The first kappa shape index (κ1) is 17.9. The standard InChI is InChI=1S/C15H29NO3/c1-2-3-4-5-6-7-8-9-10-11-12-14(17)16-13-15(18)19/h2-13H2,1H3,(H,16,17)(H,18,19). The van der Waals surface area contributed by atoms with Crippen LogP contribution in [-0.4, -0.2) is 23.5 Å². The van der Waals surface area contributed by atoms with Crippen molar-refractivity contribution >= 4 is 11.9 Å². The highest BCUT2D eigenvalue weighted by Crippen LogP contribution is 2.11. The first-order chi connectivity index (χ1) is 9.16. The maximum absolute atomic E-state index is 11.2. The second-order valence-electron chi connectivity index (χ2n) is 5.10. The second kappa shape index (κ2) is 13.4. The van der Waals surface area contributed by atoms with Gasteiger partial charge in [-0.05, 0) is 6.42 Å². The van der Waals surface area contributed by atoms with Crippen molar-refractivity contribution in [3.8, 4) is 0 Å². The highest BCUT2D eigenvalue weighted by Gasteiger charge is 2.02. The third kappa shape index (κ3) is 14.9. The molecule has 0 unspecified atom stereocenters. The molecule has 4 nitrogen and oxygen atoms in total. The minimum absolute atomic E-state index is 0.151. The Balaban J connectivity index is 3.13. The van der Waals surface area contributed by atoms with Crippen LogP contribution in [0.2, 0.25) is 0 Å². The number of carboxylic acid groups (broad SMARTS) is 1. The summed E-state index contributed by atoms with van der Waals surface area (Å²) in [6.45, 7) is 1.96. The SMILES string of the molecule is CCCCCCCCCCCCC(=O)NCC(=O)O. The van der Waals surface area contributed by atoms with Crippen molar-refractivity contribution in [1.29, 1.82) is 0 Å². The van der Waals surface area contributed by atoms with Gasteiger partial charge in [0, 0.05) is 6.42 Å². The van der Waals surface area contributed by atoms with E-state index in [4.69, 9.17) is 5.11 Å². The molecule has 0 aromatic carbocycles. The van der Waals surface area contributed by atoms with Gasteiger partial charge in [-0.15, -0.1) is 0 Å². The Labute approximate surface area is 117 Å². The van der Waals surface area contributed by atoms with Crippen LogP contribution in [0.3, 0.4) is 0 Å². The van der Waals surface area contributed by atoms with Crippen LogP contribution in [0.25, 0.3) is 0 Å². The molecule has 0 rings (SSSR count). The summed E-state index contributed by atoms with van der Waals surface area (Å²) in [5.74, 6) is -1.14. The van der Waals surface area contributed by atoms with E-state index in [1.54, 1.807) is 0 Å². The molecule has 0 saturated heterocycles. The van der Waals surface area contributed by atoms with E-state index in [0.717, 1.165) is 12.8 Å². The molecule has 0 heterocycles. The summed E-state index contributed by atoms with van der Waals surface area (Å²) in [6.07, 6.45) is 12.8. The van der Waals surface area contributed by atoms with E-state index in [1.807, 2.05) is 0 Å². The maximum atomic E-state index is 11.2. The van der Waals surface area contributed by atoms with Gasteiger partial charge in [0.1, 0.15) is 6.54 Å². The number of aliphatic carboxylic acids is 1. The molecule has 0 aliphatic rings. The summed E-state index contributed by atoms with van der Waals surface area (Å²) in [6, 6.07) is 0. The average Bonchev–Trinajstić information content (AvgIpc) is 2.38. The first-order valence-corrected chi connectivity index (χ1v) is 7.65. The molecule has 2 N–H and O–H groups in total. The molecular weight excluding hydrogens is 242 g/mol. The van der Waals surface area contributed by atoms with E-state index in [9.17, 15) is 9.59 Å². The van der Waals surface area contributed by atoms with Crippen molar-refractivity contribution in [2.24, 2.45) is 0 Å². The van der Waals surface area contributed by atoms with Crippen LogP contribution in [-0.2, 0) is 9.59 Å². The van der Waals surface area contributed by atoms with E-state index in [1.165, 1.54) is 51.4 Å². The van der Waals surface area contributed by atoms with E-state index >= 15 is 0 Å². The van der Waals surface area contributed by atoms with Gasteiger partial charge in [-0.2, -0.15) is 0 Å². The number of rotatable bonds is 13. The molecule has 0 aliphatic carbocycles. The van der Waals surface area contributed by atoms with Crippen LogP contribution in [0.5, 0.6) is 0 Å². The molecule has 0 saturated carbocycles. The van der Waals surface area contributed by atoms with Crippen molar-refractivity contribution in [3.63, 3.8) is 0 Å². The number of unbranched alkanes of at least 4 members (excludes halogenated alkanes) is 9. The highest BCUT2D eigenvalue weighted by atomic mass is 16.4. The van der Waals surface area contributed by atoms with Gasteiger partial charge >= 0.3 is 5.97 Å². The lowest BCUT2D eigenvalue weighted by Crippen LogP contribution is -2.28. The van der Waals surface area contributed by atoms with Gasteiger partial charge < -0.3 is 10.4 Å². The van der Waals surface area contributed by atoms with Crippen LogP contribution in [0, 0.1) is 0 Å². The lowest BCUT2D eigenvalue weighted by atomic mass is 10.1. The molecule has 19 heavy (non-hydrogen) atoms. The lowest BCUT2D eigenvalue weighted by molar-refractivity contribution is -0.137. The number of hydrogen-bond acceptors (Lipinski definition) is 2. The Bertz CT molecular complexity index is 242. The number of hydrogen-bond donors (Lipinski definition) is 2. The zero-order chi connectivity index (χ0) is 14.3. The fourth-order valence-electron chi connectivity index (χ4n) is 2.04. The van der Waals surface area contributed by atoms with Crippen LogP contribution in [0.1, 0.15) is 77.6 Å². The fourth-order valence-corrected chi connectivity index (χ4v) is 2.04. The van der Waals surface area contributed by atoms with Crippen molar-refractivity contribution in [1.82, 2.24) is 5.32 Å². The minimum Gasteiger partial charge on any atom is -0.480 e. The zero-order valence-electron chi connectivity index (χ0n) is 12.2. The fraction of sp³-hybridized carbons (Fsp3) is 0.867. The predicted molar refractivity (Wildman–Crippen MR) is 77.1 cm³/mol. The third-order valence-electron chi connectivity index (χ3n) is 3.19. The van der Waals surface area contributed by atoms with Crippen LogP contribution in [0.4, 0.5) is 0 Å². The van der Waals surface area contributed by atoms with E-state index < -0.39 is 5.97 Å². The molecule has 0 aliphatic heterocycles. The Hall–Kier alpha value is -1.06. The van der Waals surface area contributed by atoms with Crippen molar-refractivity contribution in [2.45, 2.75) is 77.6 Å². The van der Waals surface area contributed by atoms with E-state index in [-0.39, 0.29) is 12.5 Å². The van der Waals surface area contributed by atoms with Gasteiger partial charge in [-0.1, -0.05) is 64.7 Å². The van der Waals surface area contributed by atoms with Crippen molar-refractivity contribution in [3.05, 3.63) is 0 Å². The smallest absolute Gasteiger partial charge is 0.322 e. The highest BCUT2D eigenvalue weighted by molar-refractivity contribution is 5.80. The summed E-state index contributed by atoms with van der Waals surface area (Å²) in [4.78, 5) is 21.4. The summed E-state index contributed by atoms with van der Waals surface area (Å²) < 4.78 is 0. The molecular formula is C15H29NO3. The first-order valence-electron chi connectivity index (χ1n) is 7.65. The van der Waals surface area contributed by atoms with Gasteiger partial charge in [-0.25, -0.2) is 0 Å². The number of carboxylic acids is 1. The number of nitrogens with one attached hydrogen (secondary N) is 1. The minimum atomic E-state index is -0.989. The van der Waals surface area contributed by atoms with Gasteiger partial charge in [0.2, 0.25) is 5.91 Å². The topological polar surface area (TPSA) is 66.4 Å². The Morgan fingerprint density at radius 3 is 1.79 bits per heavy atom.